The Hall–Kier alpha value is -2.99. The molecule has 148 valence electrons. The molecular formula is C22H25NO5. The van der Waals surface area contributed by atoms with Gasteiger partial charge in [-0.05, 0) is 57.5 Å². The van der Waals surface area contributed by atoms with Gasteiger partial charge in [-0.1, -0.05) is 24.3 Å². The van der Waals surface area contributed by atoms with Crippen molar-refractivity contribution in [3.63, 3.8) is 0 Å². The minimum Gasteiger partial charge on any atom is -0.449 e. The number of ether oxygens (including phenoxy) is 2. The summed E-state index contributed by atoms with van der Waals surface area (Å²) in [6, 6.07) is 13.5. The fourth-order valence-corrected chi connectivity index (χ4v) is 2.42. The molecule has 0 fully saturated rings. The molecule has 1 amide bonds. The number of para-hydroxylation sites is 1. The Morgan fingerprint density at radius 3 is 2.21 bits per heavy atom. The molecule has 0 aromatic heterocycles. The topological polar surface area (TPSA) is 81.7 Å². The molecule has 0 aliphatic heterocycles. The molecule has 2 aromatic rings. The maximum Gasteiger partial charge on any atom is 0.338 e. The van der Waals surface area contributed by atoms with Crippen molar-refractivity contribution in [3.05, 3.63) is 65.2 Å². The second kappa shape index (κ2) is 9.80. The van der Waals surface area contributed by atoms with Gasteiger partial charge < -0.3 is 14.8 Å². The first-order valence-corrected chi connectivity index (χ1v) is 9.10. The molecule has 0 heterocycles. The first-order chi connectivity index (χ1) is 13.3. The number of hydrogen-bond donors (Lipinski definition) is 1. The zero-order valence-electron chi connectivity index (χ0n) is 16.5. The average molecular weight is 383 g/mol. The van der Waals surface area contributed by atoms with Crippen LogP contribution in [0.5, 0.6) is 0 Å². The second-order valence-corrected chi connectivity index (χ2v) is 6.70. The quantitative estimate of drug-likeness (QED) is 0.550. The summed E-state index contributed by atoms with van der Waals surface area (Å²) in [7, 11) is 0. The molecule has 0 saturated carbocycles. The Labute approximate surface area is 164 Å². The molecule has 6 nitrogen and oxygen atoms in total. The second-order valence-electron chi connectivity index (χ2n) is 6.70. The summed E-state index contributed by atoms with van der Waals surface area (Å²) in [6.45, 7) is 7.26. The van der Waals surface area contributed by atoms with E-state index in [0.717, 1.165) is 5.56 Å². The Bertz CT molecular complexity index is 842. The van der Waals surface area contributed by atoms with E-state index < -0.39 is 18.0 Å². The van der Waals surface area contributed by atoms with Crippen molar-refractivity contribution >= 4 is 23.3 Å². The van der Waals surface area contributed by atoms with E-state index in [1.54, 1.807) is 48.5 Å². The molecule has 1 atom stereocenters. The lowest BCUT2D eigenvalue weighted by Gasteiger charge is -2.15. The molecule has 2 rings (SSSR count). The van der Waals surface area contributed by atoms with Crippen LogP contribution in [-0.2, 0) is 20.9 Å². The summed E-state index contributed by atoms with van der Waals surface area (Å²) in [5.41, 5.74) is 2.07. The summed E-state index contributed by atoms with van der Waals surface area (Å²) in [4.78, 5) is 36.3. The highest BCUT2D eigenvalue weighted by molar-refractivity contribution is 6.05. The average Bonchev–Trinajstić information content (AvgIpc) is 2.66. The fraction of sp³-hybridized carbons (Fsp3) is 0.318. The van der Waals surface area contributed by atoms with E-state index in [1.165, 1.54) is 13.8 Å². The number of anilines is 1. The number of esters is 1. The lowest BCUT2D eigenvalue weighted by atomic mass is 10.1. The highest BCUT2D eigenvalue weighted by Crippen LogP contribution is 2.16. The largest absolute Gasteiger partial charge is 0.449 e. The number of Topliss-reactive ketones (excluding diaryl/α,β-unsaturated/α-hetero) is 1. The normalized spacial score (nSPS) is 11.8. The van der Waals surface area contributed by atoms with Crippen LogP contribution >= 0.6 is 0 Å². The third-order valence-electron chi connectivity index (χ3n) is 3.99. The summed E-state index contributed by atoms with van der Waals surface area (Å²) in [6.07, 6.45) is -0.895. The minimum absolute atomic E-state index is 0.122. The molecule has 0 unspecified atom stereocenters. The summed E-state index contributed by atoms with van der Waals surface area (Å²) in [5.74, 6) is -1.27. The smallest absolute Gasteiger partial charge is 0.338 e. The van der Waals surface area contributed by atoms with Crippen LogP contribution in [0.4, 0.5) is 5.69 Å². The molecule has 1 N–H and O–H groups in total. The van der Waals surface area contributed by atoms with Gasteiger partial charge in [0, 0.05) is 5.56 Å². The summed E-state index contributed by atoms with van der Waals surface area (Å²) >= 11 is 0. The highest BCUT2D eigenvalue weighted by Gasteiger charge is 2.20. The molecule has 0 bridgehead atoms. The van der Waals surface area contributed by atoms with Crippen molar-refractivity contribution in [2.45, 2.75) is 46.5 Å². The van der Waals surface area contributed by atoms with Gasteiger partial charge in [-0.3, -0.25) is 9.59 Å². The Morgan fingerprint density at radius 2 is 1.61 bits per heavy atom. The number of hydrogen-bond acceptors (Lipinski definition) is 5. The highest BCUT2D eigenvalue weighted by atomic mass is 16.5. The first kappa shape index (κ1) is 21.3. The van der Waals surface area contributed by atoms with Crippen molar-refractivity contribution in [2.24, 2.45) is 0 Å². The molecule has 6 heteroatoms. The number of amides is 1. The molecule has 0 aliphatic rings. The van der Waals surface area contributed by atoms with Gasteiger partial charge in [0.05, 0.1) is 24.0 Å². The predicted molar refractivity (Wildman–Crippen MR) is 106 cm³/mol. The van der Waals surface area contributed by atoms with Crippen molar-refractivity contribution in [1.29, 1.82) is 0 Å². The number of nitrogens with one attached hydrogen (secondary N) is 1. The van der Waals surface area contributed by atoms with Crippen LogP contribution in [0, 0.1) is 0 Å². The third kappa shape index (κ3) is 6.03. The third-order valence-corrected chi connectivity index (χ3v) is 3.99. The van der Waals surface area contributed by atoms with Crippen LogP contribution in [0.25, 0.3) is 0 Å². The number of ketones is 1. The van der Waals surface area contributed by atoms with Gasteiger partial charge in [-0.2, -0.15) is 0 Å². The molecule has 2 aromatic carbocycles. The van der Waals surface area contributed by atoms with Crippen LogP contribution in [0.2, 0.25) is 0 Å². The van der Waals surface area contributed by atoms with E-state index in [2.05, 4.69) is 5.32 Å². The van der Waals surface area contributed by atoms with Crippen molar-refractivity contribution in [1.82, 2.24) is 0 Å². The Kier molecular flexibility index (Phi) is 7.46. The Balaban J connectivity index is 1.96. The van der Waals surface area contributed by atoms with Crippen LogP contribution in [0.1, 0.15) is 54.0 Å². The van der Waals surface area contributed by atoms with Crippen LogP contribution in [-0.4, -0.2) is 29.9 Å². The molecule has 0 radical (unpaired) electrons. The zero-order chi connectivity index (χ0) is 20.7. The lowest BCUT2D eigenvalue weighted by molar-refractivity contribution is -0.123. The van der Waals surface area contributed by atoms with Crippen molar-refractivity contribution in [3.8, 4) is 0 Å². The Morgan fingerprint density at radius 1 is 0.964 bits per heavy atom. The van der Waals surface area contributed by atoms with Crippen LogP contribution in [0.3, 0.4) is 0 Å². The van der Waals surface area contributed by atoms with Crippen molar-refractivity contribution < 1.29 is 23.9 Å². The fourth-order valence-electron chi connectivity index (χ4n) is 2.42. The van der Waals surface area contributed by atoms with Gasteiger partial charge in [-0.15, -0.1) is 0 Å². The predicted octanol–water partition coefficient (Wildman–Crippen LogP) is 4.00. The summed E-state index contributed by atoms with van der Waals surface area (Å²) in [5, 5.41) is 2.63. The first-order valence-electron chi connectivity index (χ1n) is 9.10. The van der Waals surface area contributed by atoms with Gasteiger partial charge >= 0.3 is 5.97 Å². The van der Waals surface area contributed by atoms with Gasteiger partial charge in [0.25, 0.3) is 5.91 Å². The summed E-state index contributed by atoms with van der Waals surface area (Å²) < 4.78 is 10.8. The standard InChI is InChI=1S/C22H25NO5/c1-14(2)27-13-17-9-11-18(12-10-17)22(26)28-16(4)21(25)23-20-8-6-5-7-19(20)15(3)24/h5-12,14,16H,13H2,1-4H3,(H,23,25)/t16-/m0/s1. The van der Waals surface area contributed by atoms with E-state index in [4.69, 9.17) is 9.47 Å². The minimum atomic E-state index is -1.02. The number of carbonyl (C=O) groups is 3. The van der Waals surface area contributed by atoms with Crippen LogP contribution < -0.4 is 5.32 Å². The SMILES string of the molecule is CC(=O)c1ccccc1NC(=O)[C@H](C)OC(=O)c1ccc(COC(C)C)cc1. The zero-order valence-corrected chi connectivity index (χ0v) is 16.5. The van der Waals surface area contributed by atoms with Gasteiger partial charge in [-0.25, -0.2) is 4.79 Å². The molecule has 0 saturated heterocycles. The van der Waals surface area contributed by atoms with Crippen molar-refractivity contribution in [2.75, 3.05) is 5.32 Å². The van der Waals surface area contributed by atoms with Gasteiger partial charge in [0.1, 0.15) is 0 Å². The monoisotopic (exact) mass is 383 g/mol. The molecule has 0 spiro atoms. The number of benzene rings is 2. The van der Waals surface area contributed by atoms with E-state index in [-0.39, 0.29) is 11.9 Å². The van der Waals surface area contributed by atoms with Gasteiger partial charge in [0.15, 0.2) is 11.9 Å². The molecule has 0 aliphatic carbocycles. The number of rotatable bonds is 8. The van der Waals surface area contributed by atoms with Crippen LogP contribution in [0.15, 0.2) is 48.5 Å². The van der Waals surface area contributed by atoms with E-state index in [9.17, 15) is 14.4 Å². The van der Waals surface area contributed by atoms with E-state index in [0.29, 0.717) is 23.4 Å². The molecular weight excluding hydrogens is 358 g/mol. The van der Waals surface area contributed by atoms with E-state index >= 15 is 0 Å². The lowest BCUT2D eigenvalue weighted by Crippen LogP contribution is -2.30. The van der Waals surface area contributed by atoms with Gasteiger partial charge in [0.2, 0.25) is 0 Å². The maximum absolute atomic E-state index is 12.3. The number of carbonyl (C=O) groups excluding carboxylic acids is 3. The molecule has 28 heavy (non-hydrogen) atoms. The maximum atomic E-state index is 12.3. The van der Waals surface area contributed by atoms with E-state index in [1.807, 2.05) is 13.8 Å².